The molecule has 72 valence electrons. The maximum Gasteiger partial charge on any atom is 0.323 e. The summed E-state index contributed by atoms with van der Waals surface area (Å²) in [6.45, 7) is 3.27. The van der Waals surface area contributed by atoms with Crippen molar-refractivity contribution >= 4 is 5.97 Å². The Morgan fingerprint density at radius 1 is 1.58 bits per heavy atom. The summed E-state index contributed by atoms with van der Waals surface area (Å²) < 4.78 is 11.8. The maximum absolute atomic E-state index is 11.8. The molecule has 0 rings (SSSR count). The van der Waals surface area contributed by atoms with Gasteiger partial charge in [-0.1, -0.05) is 0 Å². The smallest absolute Gasteiger partial charge is 0.323 e. The first-order valence-electron chi connectivity index (χ1n) is 3.93. The predicted octanol–water partition coefficient (Wildman–Crippen LogP) is 1.14. The standard InChI is InChI=1S/C8H16FNO2/c1-8(2,7(11)12)10(3)6-4-5-9/h4-6H2,1-3H3,(H,11,12). The Balaban J connectivity index is 4.06. The van der Waals surface area contributed by atoms with Crippen molar-refractivity contribution in [1.29, 1.82) is 0 Å². The molecule has 3 nitrogen and oxygen atoms in total. The van der Waals surface area contributed by atoms with E-state index in [1.54, 1.807) is 25.8 Å². The van der Waals surface area contributed by atoms with Gasteiger partial charge in [0.1, 0.15) is 5.54 Å². The summed E-state index contributed by atoms with van der Waals surface area (Å²) >= 11 is 0. The zero-order valence-corrected chi connectivity index (χ0v) is 7.80. The average Bonchev–Trinajstić information content (AvgIpc) is 1.99. The van der Waals surface area contributed by atoms with Gasteiger partial charge < -0.3 is 5.11 Å². The lowest BCUT2D eigenvalue weighted by Gasteiger charge is -2.31. The molecule has 0 fully saturated rings. The largest absolute Gasteiger partial charge is 0.480 e. The van der Waals surface area contributed by atoms with E-state index in [-0.39, 0.29) is 0 Å². The predicted molar refractivity (Wildman–Crippen MR) is 44.9 cm³/mol. The number of carbonyl (C=O) groups is 1. The van der Waals surface area contributed by atoms with Gasteiger partial charge in [0.2, 0.25) is 0 Å². The molecule has 1 N–H and O–H groups in total. The van der Waals surface area contributed by atoms with Gasteiger partial charge in [-0.25, -0.2) is 0 Å². The van der Waals surface area contributed by atoms with Crippen LogP contribution in [0.3, 0.4) is 0 Å². The highest BCUT2D eigenvalue weighted by Crippen LogP contribution is 2.12. The van der Waals surface area contributed by atoms with E-state index in [0.717, 1.165) is 0 Å². The van der Waals surface area contributed by atoms with Crippen LogP contribution in [0, 0.1) is 0 Å². The van der Waals surface area contributed by atoms with Gasteiger partial charge in [-0.15, -0.1) is 0 Å². The molecule has 0 saturated heterocycles. The Bertz CT molecular complexity index is 159. The number of hydrogen-bond donors (Lipinski definition) is 1. The van der Waals surface area contributed by atoms with Gasteiger partial charge in [-0.2, -0.15) is 0 Å². The number of rotatable bonds is 5. The zero-order valence-electron chi connectivity index (χ0n) is 7.80. The summed E-state index contributed by atoms with van der Waals surface area (Å²) in [6.07, 6.45) is 0.382. The normalized spacial score (nSPS) is 12.1. The average molecular weight is 177 g/mol. The summed E-state index contributed by atoms with van der Waals surface area (Å²) in [7, 11) is 1.68. The van der Waals surface area contributed by atoms with E-state index in [1.807, 2.05) is 0 Å². The first kappa shape index (κ1) is 11.4. The zero-order chi connectivity index (χ0) is 9.78. The minimum Gasteiger partial charge on any atom is -0.480 e. The molecule has 0 aliphatic rings. The van der Waals surface area contributed by atoms with Gasteiger partial charge in [0.25, 0.3) is 0 Å². The van der Waals surface area contributed by atoms with Crippen LogP contribution in [0.2, 0.25) is 0 Å². The molecule has 0 aromatic carbocycles. The molecular weight excluding hydrogens is 161 g/mol. The van der Waals surface area contributed by atoms with Gasteiger partial charge in [0, 0.05) is 6.54 Å². The number of halogens is 1. The maximum atomic E-state index is 11.8. The summed E-state index contributed by atoms with van der Waals surface area (Å²) in [5.74, 6) is -0.885. The first-order valence-corrected chi connectivity index (χ1v) is 3.93. The molecule has 0 aromatic rings. The van der Waals surface area contributed by atoms with Crippen molar-refractivity contribution in [3.63, 3.8) is 0 Å². The lowest BCUT2D eigenvalue weighted by Crippen LogP contribution is -2.48. The number of alkyl halides is 1. The Morgan fingerprint density at radius 3 is 2.42 bits per heavy atom. The Hall–Kier alpha value is -0.640. The molecule has 0 aromatic heterocycles. The van der Waals surface area contributed by atoms with Crippen LogP contribution < -0.4 is 0 Å². The van der Waals surface area contributed by atoms with E-state index in [2.05, 4.69) is 0 Å². The van der Waals surface area contributed by atoms with Gasteiger partial charge in [0.05, 0.1) is 6.67 Å². The highest BCUT2D eigenvalue weighted by molar-refractivity contribution is 5.77. The molecule has 0 heterocycles. The summed E-state index contributed by atoms with van der Waals surface area (Å²) in [6, 6.07) is 0. The van der Waals surface area contributed by atoms with E-state index in [4.69, 9.17) is 5.11 Å². The van der Waals surface area contributed by atoms with E-state index in [1.165, 1.54) is 0 Å². The van der Waals surface area contributed by atoms with Crippen LogP contribution in [0.4, 0.5) is 4.39 Å². The fourth-order valence-corrected chi connectivity index (χ4v) is 0.740. The van der Waals surface area contributed by atoms with Crippen molar-refractivity contribution in [3.05, 3.63) is 0 Å². The van der Waals surface area contributed by atoms with Crippen LogP contribution >= 0.6 is 0 Å². The van der Waals surface area contributed by atoms with Crippen LogP contribution in [0.1, 0.15) is 20.3 Å². The van der Waals surface area contributed by atoms with Crippen molar-refractivity contribution in [1.82, 2.24) is 4.90 Å². The van der Waals surface area contributed by atoms with Crippen LogP contribution in [-0.4, -0.2) is 41.8 Å². The lowest BCUT2D eigenvalue weighted by atomic mass is 10.0. The molecular formula is C8H16FNO2. The van der Waals surface area contributed by atoms with Crippen molar-refractivity contribution in [2.75, 3.05) is 20.3 Å². The number of likely N-dealkylation sites (N-methyl/N-ethyl adjacent to an activating group) is 1. The molecule has 0 spiro atoms. The minimum atomic E-state index is -0.908. The number of aliphatic carboxylic acids is 1. The number of nitrogens with zero attached hydrogens (tertiary/aromatic N) is 1. The van der Waals surface area contributed by atoms with Crippen molar-refractivity contribution in [2.45, 2.75) is 25.8 Å². The summed E-state index contributed by atoms with van der Waals surface area (Å²) in [5.41, 5.74) is -0.908. The van der Waals surface area contributed by atoms with E-state index in [9.17, 15) is 9.18 Å². The molecule has 0 radical (unpaired) electrons. The Kier molecular flexibility index (Phi) is 4.17. The van der Waals surface area contributed by atoms with E-state index in [0.29, 0.717) is 13.0 Å². The van der Waals surface area contributed by atoms with Gasteiger partial charge >= 0.3 is 5.97 Å². The van der Waals surface area contributed by atoms with Crippen molar-refractivity contribution in [3.8, 4) is 0 Å². The first-order chi connectivity index (χ1) is 5.42. The number of carboxylic acids is 1. The van der Waals surface area contributed by atoms with Gasteiger partial charge in [-0.05, 0) is 27.3 Å². The molecule has 0 saturated carbocycles. The fraction of sp³-hybridized carbons (Fsp3) is 0.875. The van der Waals surface area contributed by atoms with Crippen LogP contribution in [0.5, 0.6) is 0 Å². The number of hydrogen-bond acceptors (Lipinski definition) is 2. The third-order valence-electron chi connectivity index (χ3n) is 2.10. The monoisotopic (exact) mass is 177 g/mol. The van der Waals surface area contributed by atoms with Gasteiger partial charge in [0.15, 0.2) is 0 Å². The second kappa shape index (κ2) is 4.40. The second-order valence-electron chi connectivity index (χ2n) is 3.33. The highest BCUT2D eigenvalue weighted by atomic mass is 19.1. The Labute approximate surface area is 72.2 Å². The lowest BCUT2D eigenvalue weighted by molar-refractivity contribution is -0.148. The molecule has 4 heteroatoms. The fourth-order valence-electron chi connectivity index (χ4n) is 0.740. The molecule has 0 atom stereocenters. The van der Waals surface area contributed by atoms with Crippen LogP contribution in [0.25, 0.3) is 0 Å². The van der Waals surface area contributed by atoms with Crippen LogP contribution in [-0.2, 0) is 4.79 Å². The molecule has 12 heavy (non-hydrogen) atoms. The van der Waals surface area contributed by atoms with Gasteiger partial charge in [-0.3, -0.25) is 14.1 Å². The second-order valence-corrected chi connectivity index (χ2v) is 3.33. The molecule has 0 unspecified atom stereocenters. The van der Waals surface area contributed by atoms with Crippen LogP contribution in [0.15, 0.2) is 0 Å². The quantitative estimate of drug-likeness (QED) is 0.684. The minimum absolute atomic E-state index is 0.382. The number of carboxylic acid groups (broad SMARTS) is 1. The summed E-state index contributed by atoms with van der Waals surface area (Å²) in [4.78, 5) is 12.3. The third-order valence-corrected chi connectivity index (χ3v) is 2.10. The topological polar surface area (TPSA) is 40.5 Å². The third kappa shape index (κ3) is 2.77. The van der Waals surface area contributed by atoms with Crippen molar-refractivity contribution < 1.29 is 14.3 Å². The molecule has 0 aliphatic carbocycles. The van der Waals surface area contributed by atoms with E-state index < -0.39 is 18.2 Å². The van der Waals surface area contributed by atoms with E-state index >= 15 is 0 Å². The van der Waals surface area contributed by atoms with Crippen molar-refractivity contribution in [2.24, 2.45) is 0 Å². The summed E-state index contributed by atoms with van der Waals surface area (Å²) in [5, 5.41) is 8.78. The molecule has 0 amide bonds. The SMILES string of the molecule is CN(CCCF)C(C)(C)C(=O)O. The molecule has 0 bridgehead atoms. The highest BCUT2D eigenvalue weighted by Gasteiger charge is 2.31. The Morgan fingerprint density at radius 2 is 2.08 bits per heavy atom. The molecule has 0 aliphatic heterocycles.